The van der Waals surface area contributed by atoms with Crippen molar-refractivity contribution < 1.29 is 9.72 Å². The van der Waals surface area contributed by atoms with E-state index in [4.69, 9.17) is 11.6 Å². The molecule has 0 spiro atoms. The summed E-state index contributed by atoms with van der Waals surface area (Å²) in [5.74, 6) is -0.657. The van der Waals surface area contributed by atoms with Crippen LogP contribution < -0.4 is 4.80 Å². The topological polar surface area (TPSA) is 77.5 Å². The van der Waals surface area contributed by atoms with E-state index in [1.165, 1.54) is 29.5 Å². The monoisotopic (exact) mass is 347 g/mol. The van der Waals surface area contributed by atoms with Crippen molar-refractivity contribution in [2.24, 2.45) is 12.0 Å². The van der Waals surface area contributed by atoms with Gasteiger partial charge in [-0.25, -0.2) is 0 Å². The Morgan fingerprint density at radius 1 is 1.26 bits per heavy atom. The molecule has 1 aromatic heterocycles. The zero-order valence-corrected chi connectivity index (χ0v) is 13.5. The molecule has 0 N–H and O–H groups in total. The number of aryl methyl sites for hydroxylation is 1. The summed E-state index contributed by atoms with van der Waals surface area (Å²) < 4.78 is 2.59. The number of thiazole rings is 1. The van der Waals surface area contributed by atoms with Gasteiger partial charge in [0.05, 0.1) is 20.2 Å². The molecule has 0 unspecified atom stereocenters. The van der Waals surface area contributed by atoms with Gasteiger partial charge in [0.1, 0.15) is 5.56 Å². The molecule has 0 atom stereocenters. The van der Waals surface area contributed by atoms with E-state index in [1.807, 2.05) is 12.1 Å². The maximum atomic E-state index is 12.3. The summed E-state index contributed by atoms with van der Waals surface area (Å²) >= 11 is 7.46. The van der Waals surface area contributed by atoms with Gasteiger partial charge in [0.2, 0.25) is 0 Å². The molecule has 0 saturated carbocycles. The molecule has 1 heterocycles. The smallest absolute Gasteiger partial charge is 0.286 e. The van der Waals surface area contributed by atoms with E-state index in [0.29, 0.717) is 9.82 Å². The highest BCUT2D eigenvalue weighted by Crippen LogP contribution is 2.24. The van der Waals surface area contributed by atoms with Gasteiger partial charge in [-0.05, 0) is 18.2 Å². The van der Waals surface area contributed by atoms with Gasteiger partial charge in [-0.1, -0.05) is 41.1 Å². The number of amides is 1. The van der Waals surface area contributed by atoms with Crippen LogP contribution in [0.15, 0.2) is 47.5 Å². The van der Waals surface area contributed by atoms with Crippen LogP contribution in [0.3, 0.4) is 0 Å². The first-order valence-corrected chi connectivity index (χ1v) is 7.75. The number of aromatic nitrogens is 1. The second kappa shape index (κ2) is 5.94. The number of rotatable bonds is 2. The molecule has 3 rings (SSSR count). The molecular formula is C15H10ClN3O3S. The molecule has 0 aliphatic rings. The molecule has 116 valence electrons. The lowest BCUT2D eigenvalue weighted by Gasteiger charge is -1.98. The highest BCUT2D eigenvalue weighted by molar-refractivity contribution is 7.16. The molecule has 8 heteroatoms. The second-order valence-electron chi connectivity index (χ2n) is 4.72. The fraction of sp³-hybridized carbons (Fsp3) is 0.0667. The van der Waals surface area contributed by atoms with Gasteiger partial charge in [0.15, 0.2) is 4.80 Å². The lowest BCUT2D eigenvalue weighted by molar-refractivity contribution is -0.385. The average molecular weight is 348 g/mol. The molecule has 0 radical (unpaired) electrons. The van der Waals surface area contributed by atoms with Crippen LogP contribution in [0.25, 0.3) is 10.2 Å². The summed E-state index contributed by atoms with van der Waals surface area (Å²) in [5, 5.41) is 11.6. The number of nitro benzene ring substituents is 1. The molecular weight excluding hydrogens is 338 g/mol. The highest BCUT2D eigenvalue weighted by Gasteiger charge is 2.19. The quantitative estimate of drug-likeness (QED) is 0.525. The van der Waals surface area contributed by atoms with Crippen molar-refractivity contribution in [3.8, 4) is 0 Å². The first-order valence-electron chi connectivity index (χ1n) is 6.55. The number of hydrogen-bond acceptors (Lipinski definition) is 4. The van der Waals surface area contributed by atoms with Gasteiger partial charge in [-0.2, -0.15) is 4.99 Å². The van der Waals surface area contributed by atoms with Crippen LogP contribution in [0.5, 0.6) is 0 Å². The molecule has 0 aliphatic heterocycles. The Bertz CT molecular complexity index is 1010. The molecule has 0 aliphatic carbocycles. The zero-order valence-electron chi connectivity index (χ0n) is 11.9. The molecule has 2 aromatic carbocycles. The molecule has 6 nitrogen and oxygen atoms in total. The average Bonchev–Trinajstić information content (AvgIpc) is 2.84. The number of nitrogens with zero attached hydrogens (tertiary/aromatic N) is 3. The van der Waals surface area contributed by atoms with Crippen LogP contribution in [-0.4, -0.2) is 15.4 Å². The van der Waals surface area contributed by atoms with Crippen LogP contribution in [0, 0.1) is 10.1 Å². The van der Waals surface area contributed by atoms with Gasteiger partial charge in [0, 0.05) is 13.1 Å². The van der Waals surface area contributed by atoms with Crippen molar-refractivity contribution in [3.63, 3.8) is 0 Å². The third-order valence-corrected chi connectivity index (χ3v) is 4.70. The normalized spacial score (nSPS) is 11.8. The highest BCUT2D eigenvalue weighted by atomic mass is 35.5. The minimum Gasteiger partial charge on any atom is -0.318 e. The van der Waals surface area contributed by atoms with Crippen LogP contribution in [0.2, 0.25) is 5.02 Å². The van der Waals surface area contributed by atoms with E-state index in [0.717, 1.165) is 10.2 Å². The van der Waals surface area contributed by atoms with Gasteiger partial charge < -0.3 is 4.57 Å². The van der Waals surface area contributed by atoms with Gasteiger partial charge in [0.25, 0.3) is 11.6 Å². The number of benzene rings is 2. The number of halogens is 1. The first kappa shape index (κ1) is 15.4. The first-order chi connectivity index (χ1) is 11.0. The number of fused-ring (bicyclic) bond motifs is 1. The minimum atomic E-state index is -0.657. The van der Waals surface area contributed by atoms with Crippen molar-refractivity contribution >= 4 is 44.7 Å². The summed E-state index contributed by atoms with van der Waals surface area (Å²) in [4.78, 5) is 27.2. The van der Waals surface area contributed by atoms with E-state index in [-0.39, 0.29) is 11.3 Å². The Kier molecular flexibility index (Phi) is 3.97. The van der Waals surface area contributed by atoms with Crippen LogP contribution in [0.4, 0.5) is 5.69 Å². The third-order valence-electron chi connectivity index (χ3n) is 3.30. The SMILES string of the molecule is Cn1c(=NC(=O)c2ccccc2[N+](=O)[O-])sc2cccc(Cl)c21. The number of para-hydroxylation sites is 2. The maximum absolute atomic E-state index is 12.3. The molecule has 23 heavy (non-hydrogen) atoms. The van der Waals surface area contributed by atoms with Gasteiger partial charge >= 0.3 is 0 Å². The Labute approximate surface area is 139 Å². The van der Waals surface area contributed by atoms with E-state index in [2.05, 4.69) is 4.99 Å². The number of nitro groups is 1. The maximum Gasteiger partial charge on any atom is 0.286 e. The predicted molar refractivity (Wildman–Crippen MR) is 88.8 cm³/mol. The lowest BCUT2D eigenvalue weighted by Crippen LogP contribution is -2.14. The summed E-state index contributed by atoms with van der Waals surface area (Å²) in [6.45, 7) is 0. The summed E-state index contributed by atoms with van der Waals surface area (Å²) in [6, 6.07) is 11.2. The second-order valence-corrected chi connectivity index (χ2v) is 6.14. The van der Waals surface area contributed by atoms with Crippen molar-refractivity contribution in [3.05, 3.63) is 68.0 Å². The lowest BCUT2D eigenvalue weighted by atomic mass is 10.2. The number of carbonyl (C=O) groups is 1. The van der Waals surface area contributed by atoms with Crippen LogP contribution >= 0.6 is 22.9 Å². The van der Waals surface area contributed by atoms with Crippen molar-refractivity contribution in [1.82, 2.24) is 4.57 Å². The number of carbonyl (C=O) groups excluding carboxylic acids is 1. The molecule has 0 saturated heterocycles. The van der Waals surface area contributed by atoms with E-state index in [1.54, 1.807) is 23.7 Å². The summed E-state index contributed by atoms with van der Waals surface area (Å²) in [5.41, 5.74) is 0.470. The fourth-order valence-electron chi connectivity index (χ4n) is 2.22. The molecule has 0 bridgehead atoms. The van der Waals surface area contributed by atoms with E-state index < -0.39 is 10.8 Å². The Morgan fingerprint density at radius 3 is 2.70 bits per heavy atom. The molecule has 1 amide bonds. The molecule has 0 fully saturated rings. The standard InChI is InChI=1S/C15H10ClN3O3S/c1-18-13-10(16)6-4-8-12(13)23-15(18)17-14(20)9-5-2-3-7-11(9)19(21)22/h2-8H,1H3. The van der Waals surface area contributed by atoms with Crippen molar-refractivity contribution in [2.75, 3.05) is 0 Å². The molecule has 3 aromatic rings. The third kappa shape index (κ3) is 2.76. The minimum absolute atomic E-state index is 0.0407. The predicted octanol–water partition coefficient (Wildman–Crippen LogP) is 3.54. The summed E-state index contributed by atoms with van der Waals surface area (Å²) in [6.07, 6.45) is 0. The van der Waals surface area contributed by atoms with Crippen LogP contribution in [-0.2, 0) is 7.05 Å². The largest absolute Gasteiger partial charge is 0.318 e. The van der Waals surface area contributed by atoms with Crippen LogP contribution in [0.1, 0.15) is 10.4 Å². The Hall–Kier alpha value is -2.51. The fourth-order valence-corrected chi connectivity index (χ4v) is 3.63. The van der Waals surface area contributed by atoms with Crippen molar-refractivity contribution in [1.29, 1.82) is 0 Å². The zero-order chi connectivity index (χ0) is 16.6. The Balaban J connectivity index is 2.16. The van der Waals surface area contributed by atoms with Crippen molar-refractivity contribution in [2.45, 2.75) is 0 Å². The van der Waals surface area contributed by atoms with E-state index in [9.17, 15) is 14.9 Å². The number of hydrogen-bond donors (Lipinski definition) is 0. The summed E-state index contributed by atoms with van der Waals surface area (Å²) in [7, 11) is 1.75. The van der Waals surface area contributed by atoms with E-state index >= 15 is 0 Å². The van der Waals surface area contributed by atoms with Gasteiger partial charge in [-0.3, -0.25) is 14.9 Å². The Morgan fingerprint density at radius 2 is 2.00 bits per heavy atom. The van der Waals surface area contributed by atoms with Gasteiger partial charge in [-0.15, -0.1) is 0 Å².